The van der Waals surface area contributed by atoms with Gasteiger partial charge in [0, 0.05) is 30.0 Å². The van der Waals surface area contributed by atoms with Crippen LogP contribution >= 0.6 is 15.9 Å². The number of hydrogen-bond donors (Lipinski definition) is 1. The third-order valence-corrected chi connectivity index (χ3v) is 5.20. The van der Waals surface area contributed by atoms with Gasteiger partial charge in [-0.3, -0.25) is 9.69 Å². The summed E-state index contributed by atoms with van der Waals surface area (Å²) in [6, 6.07) is 8.30. The van der Waals surface area contributed by atoms with Gasteiger partial charge in [-0.25, -0.2) is 0 Å². The first-order valence-electron chi connectivity index (χ1n) is 8.57. The van der Waals surface area contributed by atoms with Crippen LogP contribution in [0.15, 0.2) is 28.7 Å². The molecule has 126 valence electrons. The smallest absolute Gasteiger partial charge is 0.223 e. The van der Waals surface area contributed by atoms with Gasteiger partial charge in [-0.15, -0.1) is 0 Å². The second kappa shape index (κ2) is 8.27. The van der Waals surface area contributed by atoms with Crippen molar-refractivity contribution in [3.8, 4) is 0 Å². The summed E-state index contributed by atoms with van der Waals surface area (Å²) in [6.07, 6.45) is 3.17. The summed E-state index contributed by atoms with van der Waals surface area (Å²) in [5.74, 6) is 0.797. The molecule has 1 heterocycles. The monoisotopic (exact) mass is 380 g/mol. The lowest BCUT2D eigenvalue weighted by molar-refractivity contribution is -0.122. The molecule has 1 aliphatic carbocycles. The van der Waals surface area contributed by atoms with Crippen molar-refractivity contribution in [2.75, 3.05) is 39.4 Å². The number of hydrogen-bond acceptors (Lipinski definition) is 3. The van der Waals surface area contributed by atoms with Crippen LogP contribution < -0.4 is 5.32 Å². The van der Waals surface area contributed by atoms with E-state index in [-0.39, 0.29) is 11.8 Å². The summed E-state index contributed by atoms with van der Waals surface area (Å²) >= 11 is 3.49. The van der Waals surface area contributed by atoms with Gasteiger partial charge in [-0.05, 0) is 49.4 Å². The van der Waals surface area contributed by atoms with Crippen LogP contribution in [-0.2, 0) is 9.53 Å². The molecule has 4 nitrogen and oxygen atoms in total. The second-order valence-corrected chi connectivity index (χ2v) is 7.37. The number of carbonyl (C=O) groups excluding carboxylic acids is 1. The number of benzene rings is 1. The van der Waals surface area contributed by atoms with Crippen molar-refractivity contribution < 1.29 is 9.53 Å². The third kappa shape index (κ3) is 5.03. The van der Waals surface area contributed by atoms with E-state index < -0.39 is 0 Å². The quantitative estimate of drug-likeness (QED) is 0.739. The van der Waals surface area contributed by atoms with Crippen molar-refractivity contribution in [3.05, 3.63) is 34.3 Å². The number of nitrogens with one attached hydrogen (secondary N) is 1. The van der Waals surface area contributed by atoms with Crippen LogP contribution in [0.1, 0.15) is 30.7 Å². The molecule has 1 aromatic carbocycles. The average molecular weight is 381 g/mol. The SMILES string of the molecule is O=C(NCCCCN1CCOCC1)C1CC1c1cccc(Br)c1. The van der Waals surface area contributed by atoms with E-state index in [2.05, 4.69) is 38.3 Å². The first-order valence-corrected chi connectivity index (χ1v) is 9.36. The third-order valence-electron chi connectivity index (χ3n) is 4.71. The largest absolute Gasteiger partial charge is 0.379 e. The summed E-state index contributed by atoms with van der Waals surface area (Å²) in [5, 5.41) is 3.10. The Morgan fingerprint density at radius 3 is 2.91 bits per heavy atom. The van der Waals surface area contributed by atoms with E-state index in [9.17, 15) is 4.79 Å². The van der Waals surface area contributed by atoms with E-state index in [1.165, 1.54) is 5.56 Å². The standard InChI is InChI=1S/C18H25BrN2O2/c19-15-5-3-4-14(12-15)16-13-17(16)18(22)20-6-1-2-7-21-8-10-23-11-9-21/h3-5,12,16-17H,1-2,6-11,13H2,(H,20,22). The molecule has 1 N–H and O–H groups in total. The first-order chi connectivity index (χ1) is 11.2. The number of unbranched alkanes of at least 4 members (excludes halogenated alkanes) is 1. The van der Waals surface area contributed by atoms with Crippen LogP contribution in [0.3, 0.4) is 0 Å². The summed E-state index contributed by atoms with van der Waals surface area (Å²) in [4.78, 5) is 14.6. The zero-order valence-electron chi connectivity index (χ0n) is 13.5. The van der Waals surface area contributed by atoms with E-state index in [4.69, 9.17) is 4.74 Å². The van der Waals surface area contributed by atoms with Crippen LogP contribution in [-0.4, -0.2) is 50.2 Å². The fraction of sp³-hybridized carbons (Fsp3) is 0.611. The molecular formula is C18H25BrN2O2. The lowest BCUT2D eigenvalue weighted by Crippen LogP contribution is -2.37. The highest BCUT2D eigenvalue weighted by molar-refractivity contribution is 9.10. The van der Waals surface area contributed by atoms with Crippen LogP contribution in [0.25, 0.3) is 0 Å². The summed E-state index contributed by atoms with van der Waals surface area (Å²) < 4.78 is 6.43. The lowest BCUT2D eigenvalue weighted by atomic mass is 10.1. The zero-order chi connectivity index (χ0) is 16.1. The van der Waals surface area contributed by atoms with Crippen LogP contribution in [0.2, 0.25) is 0 Å². The van der Waals surface area contributed by atoms with E-state index in [0.29, 0.717) is 5.92 Å². The molecule has 0 spiro atoms. The van der Waals surface area contributed by atoms with Gasteiger partial charge in [0.05, 0.1) is 13.2 Å². The number of halogens is 1. The zero-order valence-corrected chi connectivity index (χ0v) is 15.1. The Kier molecular flexibility index (Phi) is 6.08. The maximum absolute atomic E-state index is 12.2. The molecule has 2 aliphatic rings. The predicted octanol–water partition coefficient (Wildman–Crippen LogP) is 2.78. The molecule has 23 heavy (non-hydrogen) atoms. The number of ether oxygens (including phenoxy) is 1. The second-order valence-electron chi connectivity index (χ2n) is 6.46. The van der Waals surface area contributed by atoms with Gasteiger partial charge < -0.3 is 10.1 Å². The number of carbonyl (C=O) groups is 1. The Hall–Kier alpha value is -0.910. The Labute approximate surface area is 146 Å². The van der Waals surface area contributed by atoms with Crippen molar-refractivity contribution in [3.63, 3.8) is 0 Å². The van der Waals surface area contributed by atoms with Gasteiger partial charge in [-0.2, -0.15) is 0 Å². The highest BCUT2D eigenvalue weighted by Crippen LogP contribution is 2.47. The molecule has 0 bridgehead atoms. The topological polar surface area (TPSA) is 41.6 Å². The number of rotatable bonds is 7. The molecule has 1 saturated heterocycles. The Bertz CT molecular complexity index is 532. The molecule has 1 saturated carbocycles. The normalized spacial score (nSPS) is 24.4. The molecule has 5 heteroatoms. The molecular weight excluding hydrogens is 356 g/mol. The highest BCUT2D eigenvalue weighted by atomic mass is 79.9. The minimum Gasteiger partial charge on any atom is -0.379 e. The van der Waals surface area contributed by atoms with Crippen molar-refractivity contribution in [1.29, 1.82) is 0 Å². The Morgan fingerprint density at radius 1 is 1.30 bits per heavy atom. The number of nitrogens with zero attached hydrogens (tertiary/aromatic N) is 1. The van der Waals surface area contributed by atoms with Crippen LogP contribution in [0.4, 0.5) is 0 Å². The molecule has 1 aliphatic heterocycles. The fourth-order valence-corrected chi connectivity index (χ4v) is 3.64. The van der Waals surface area contributed by atoms with E-state index in [1.807, 2.05) is 12.1 Å². The van der Waals surface area contributed by atoms with Crippen molar-refractivity contribution in [2.45, 2.75) is 25.2 Å². The Morgan fingerprint density at radius 2 is 2.13 bits per heavy atom. The fourth-order valence-electron chi connectivity index (χ4n) is 3.22. The van der Waals surface area contributed by atoms with Gasteiger partial charge in [0.25, 0.3) is 0 Å². The van der Waals surface area contributed by atoms with E-state index in [0.717, 1.165) is 63.1 Å². The lowest BCUT2D eigenvalue weighted by Gasteiger charge is -2.26. The van der Waals surface area contributed by atoms with Crippen molar-refractivity contribution >= 4 is 21.8 Å². The summed E-state index contributed by atoms with van der Waals surface area (Å²) in [6.45, 7) is 5.71. The molecule has 2 fully saturated rings. The first kappa shape index (κ1) is 16.9. The minimum absolute atomic E-state index is 0.170. The molecule has 1 aromatic rings. The minimum atomic E-state index is 0.170. The van der Waals surface area contributed by atoms with Crippen molar-refractivity contribution in [2.24, 2.45) is 5.92 Å². The molecule has 2 atom stereocenters. The maximum atomic E-state index is 12.2. The Balaban J connectivity index is 1.30. The maximum Gasteiger partial charge on any atom is 0.223 e. The van der Waals surface area contributed by atoms with Crippen molar-refractivity contribution in [1.82, 2.24) is 10.2 Å². The van der Waals surface area contributed by atoms with Crippen LogP contribution in [0, 0.1) is 5.92 Å². The highest BCUT2D eigenvalue weighted by Gasteiger charge is 2.43. The molecule has 1 amide bonds. The number of amides is 1. The molecule has 2 unspecified atom stereocenters. The van der Waals surface area contributed by atoms with Gasteiger partial charge in [0.15, 0.2) is 0 Å². The molecule has 0 radical (unpaired) electrons. The predicted molar refractivity (Wildman–Crippen MR) is 94.5 cm³/mol. The average Bonchev–Trinajstić information content (AvgIpc) is 3.36. The van der Waals surface area contributed by atoms with Gasteiger partial charge in [0.2, 0.25) is 5.91 Å². The van der Waals surface area contributed by atoms with Gasteiger partial charge in [0.1, 0.15) is 0 Å². The van der Waals surface area contributed by atoms with E-state index >= 15 is 0 Å². The van der Waals surface area contributed by atoms with E-state index in [1.54, 1.807) is 0 Å². The summed E-state index contributed by atoms with van der Waals surface area (Å²) in [5.41, 5.74) is 1.27. The number of morpholine rings is 1. The van der Waals surface area contributed by atoms with Crippen LogP contribution in [0.5, 0.6) is 0 Å². The van der Waals surface area contributed by atoms with Gasteiger partial charge in [-0.1, -0.05) is 28.1 Å². The van der Waals surface area contributed by atoms with Gasteiger partial charge >= 0.3 is 0 Å². The molecule has 0 aromatic heterocycles. The summed E-state index contributed by atoms with van der Waals surface area (Å²) in [7, 11) is 0. The molecule has 3 rings (SSSR count).